The number of hydrogen-bond acceptors (Lipinski definition) is 2. The molecule has 0 saturated heterocycles. The third kappa shape index (κ3) is 5.19. The Bertz CT molecular complexity index is 3020. The van der Waals surface area contributed by atoms with E-state index in [9.17, 15) is 0 Å². The van der Waals surface area contributed by atoms with Crippen LogP contribution in [0.25, 0.3) is 44.2 Å². The van der Waals surface area contributed by atoms with Crippen molar-refractivity contribution in [3.05, 3.63) is 240 Å². The summed E-state index contributed by atoms with van der Waals surface area (Å²) in [4.78, 5) is 2.48. The van der Waals surface area contributed by atoms with E-state index in [1.165, 1.54) is 66.4 Å². The lowest BCUT2D eigenvalue weighted by molar-refractivity contribution is 0.415. The van der Waals surface area contributed by atoms with Crippen molar-refractivity contribution in [3.63, 3.8) is 0 Å². The van der Waals surface area contributed by atoms with Gasteiger partial charge in [0.15, 0.2) is 0 Å². The van der Waals surface area contributed by atoms with E-state index in [-0.39, 0.29) is 5.41 Å². The van der Waals surface area contributed by atoms with Crippen molar-refractivity contribution in [2.24, 2.45) is 0 Å². The van der Waals surface area contributed by atoms with Gasteiger partial charge in [-0.1, -0.05) is 178 Å². The average molecular weight is 758 g/mol. The van der Waals surface area contributed by atoms with Crippen LogP contribution in [0, 0.1) is 0 Å². The SMILES string of the molecule is COc1ccc(N(c2ccc3c(c2)C(C)(C)c2c-3ccc3ccccc23)c2ccc3c(c2)C(c2ccccc2)(c2ccccc2)c2ccccc2-3)c(-c2ccccc2)c1. The molecule has 0 bridgehead atoms. The van der Waals surface area contributed by atoms with Gasteiger partial charge in [0.25, 0.3) is 0 Å². The molecular formula is C57H43NO. The van der Waals surface area contributed by atoms with Crippen molar-refractivity contribution in [2.45, 2.75) is 24.7 Å². The Morgan fingerprint density at radius 2 is 0.983 bits per heavy atom. The number of hydrogen-bond donors (Lipinski definition) is 0. The third-order valence-electron chi connectivity index (χ3n) is 13.0. The van der Waals surface area contributed by atoms with Crippen LogP contribution in [0.2, 0.25) is 0 Å². The van der Waals surface area contributed by atoms with E-state index < -0.39 is 5.41 Å². The molecule has 0 heterocycles. The molecule has 2 aliphatic carbocycles. The smallest absolute Gasteiger partial charge is 0.119 e. The van der Waals surface area contributed by atoms with Crippen LogP contribution >= 0.6 is 0 Å². The molecule has 0 amide bonds. The zero-order valence-corrected chi connectivity index (χ0v) is 33.5. The number of ether oxygens (including phenoxy) is 1. The first kappa shape index (κ1) is 35.0. The van der Waals surface area contributed by atoms with Crippen LogP contribution in [0.4, 0.5) is 17.1 Å². The minimum atomic E-state index is -0.527. The molecule has 0 spiro atoms. The quantitative estimate of drug-likeness (QED) is 0.161. The molecule has 0 radical (unpaired) electrons. The number of fused-ring (bicyclic) bond motifs is 8. The van der Waals surface area contributed by atoms with Crippen molar-refractivity contribution in [2.75, 3.05) is 12.0 Å². The van der Waals surface area contributed by atoms with Crippen molar-refractivity contribution in [3.8, 4) is 39.1 Å². The number of anilines is 3. The Kier molecular flexibility index (Phi) is 8.00. The van der Waals surface area contributed by atoms with E-state index in [1.807, 2.05) is 0 Å². The van der Waals surface area contributed by atoms with Gasteiger partial charge < -0.3 is 9.64 Å². The molecule has 11 rings (SSSR count). The molecule has 282 valence electrons. The van der Waals surface area contributed by atoms with E-state index in [4.69, 9.17) is 4.74 Å². The fourth-order valence-electron chi connectivity index (χ4n) is 10.4. The van der Waals surface area contributed by atoms with Gasteiger partial charge in [-0.25, -0.2) is 0 Å². The second-order valence-electron chi connectivity index (χ2n) is 16.4. The summed E-state index contributed by atoms with van der Waals surface area (Å²) in [6.07, 6.45) is 0. The van der Waals surface area contributed by atoms with Gasteiger partial charge in [0, 0.05) is 22.4 Å². The molecule has 0 atom stereocenters. The first-order chi connectivity index (χ1) is 29.0. The Morgan fingerprint density at radius 3 is 1.68 bits per heavy atom. The molecule has 2 nitrogen and oxygen atoms in total. The third-order valence-corrected chi connectivity index (χ3v) is 13.0. The fourth-order valence-corrected chi connectivity index (χ4v) is 10.4. The highest BCUT2D eigenvalue weighted by Crippen LogP contribution is 2.58. The standard InChI is InChI=1S/C57H43NO/c1-56(2)52-35-42(29-33-48(52)49-31-27-39-19-13-14-24-45(39)55(49)56)58(54-34-30-44(59-3)37-50(54)38-17-7-4-8-18-38)43-28-32-47-46-25-15-16-26-51(46)57(53(47)36-43,40-20-9-5-10-21-40)41-22-11-6-12-23-41/h4-37H,1-3H3. The second kappa shape index (κ2) is 13.5. The highest BCUT2D eigenvalue weighted by molar-refractivity contribution is 5.99. The minimum Gasteiger partial charge on any atom is -0.497 e. The van der Waals surface area contributed by atoms with Crippen LogP contribution in [-0.2, 0) is 10.8 Å². The van der Waals surface area contributed by atoms with Gasteiger partial charge in [0.05, 0.1) is 18.2 Å². The maximum Gasteiger partial charge on any atom is 0.119 e. The largest absolute Gasteiger partial charge is 0.497 e. The lowest BCUT2D eigenvalue weighted by Crippen LogP contribution is -2.28. The number of benzene rings is 9. The van der Waals surface area contributed by atoms with Gasteiger partial charge in [0.2, 0.25) is 0 Å². The van der Waals surface area contributed by atoms with Gasteiger partial charge in [-0.15, -0.1) is 0 Å². The van der Waals surface area contributed by atoms with E-state index in [1.54, 1.807) is 7.11 Å². The molecule has 0 unspecified atom stereocenters. The Morgan fingerprint density at radius 1 is 0.424 bits per heavy atom. The molecular weight excluding hydrogens is 715 g/mol. The van der Waals surface area contributed by atoms with E-state index in [0.29, 0.717) is 0 Å². The lowest BCUT2D eigenvalue weighted by atomic mass is 9.67. The highest BCUT2D eigenvalue weighted by Gasteiger charge is 2.46. The monoisotopic (exact) mass is 757 g/mol. The maximum atomic E-state index is 5.88. The van der Waals surface area contributed by atoms with E-state index in [2.05, 4.69) is 225 Å². The van der Waals surface area contributed by atoms with Gasteiger partial charge in [0.1, 0.15) is 5.75 Å². The predicted octanol–water partition coefficient (Wildman–Crippen LogP) is 14.7. The van der Waals surface area contributed by atoms with Gasteiger partial charge in [-0.3, -0.25) is 0 Å². The van der Waals surface area contributed by atoms with E-state index in [0.717, 1.165) is 33.9 Å². The molecule has 2 heteroatoms. The Balaban J connectivity index is 1.19. The molecule has 9 aromatic carbocycles. The number of rotatable bonds is 7. The Hall–Kier alpha value is -7.16. The summed E-state index contributed by atoms with van der Waals surface area (Å²) in [6, 6.07) is 76.0. The van der Waals surface area contributed by atoms with Crippen molar-refractivity contribution >= 4 is 27.8 Å². The summed E-state index contributed by atoms with van der Waals surface area (Å²) in [5.74, 6) is 0.821. The molecule has 0 N–H and O–H groups in total. The van der Waals surface area contributed by atoms with Crippen LogP contribution in [-0.4, -0.2) is 7.11 Å². The summed E-state index contributed by atoms with van der Waals surface area (Å²) >= 11 is 0. The van der Waals surface area contributed by atoms with E-state index >= 15 is 0 Å². The summed E-state index contributed by atoms with van der Waals surface area (Å²) in [5, 5.41) is 2.60. The molecule has 59 heavy (non-hydrogen) atoms. The lowest BCUT2D eigenvalue weighted by Gasteiger charge is -2.35. The molecule has 0 fully saturated rings. The molecule has 9 aromatic rings. The fraction of sp³-hybridized carbons (Fsp3) is 0.0877. The maximum absolute atomic E-state index is 5.88. The summed E-state index contributed by atoms with van der Waals surface area (Å²) in [7, 11) is 1.75. The summed E-state index contributed by atoms with van der Waals surface area (Å²) in [5.41, 5.74) is 17.7. The highest BCUT2D eigenvalue weighted by atomic mass is 16.5. The molecule has 0 saturated carbocycles. The topological polar surface area (TPSA) is 12.5 Å². The zero-order chi connectivity index (χ0) is 39.7. The number of nitrogens with zero attached hydrogens (tertiary/aromatic N) is 1. The minimum absolute atomic E-state index is 0.218. The van der Waals surface area contributed by atoms with Gasteiger partial charge >= 0.3 is 0 Å². The first-order valence-electron chi connectivity index (χ1n) is 20.5. The average Bonchev–Trinajstić information content (AvgIpc) is 3.72. The zero-order valence-electron chi connectivity index (χ0n) is 33.5. The molecule has 0 aromatic heterocycles. The number of methoxy groups -OCH3 is 1. The van der Waals surface area contributed by atoms with Crippen LogP contribution in [0.1, 0.15) is 47.2 Å². The van der Waals surface area contributed by atoms with Crippen LogP contribution < -0.4 is 9.64 Å². The van der Waals surface area contributed by atoms with Crippen molar-refractivity contribution < 1.29 is 4.74 Å². The summed E-state index contributed by atoms with van der Waals surface area (Å²) < 4.78 is 5.88. The van der Waals surface area contributed by atoms with Crippen LogP contribution in [0.3, 0.4) is 0 Å². The predicted molar refractivity (Wildman–Crippen MR) is 245 cm³/mol. The van der Waals surface area contributed by atoms with Crippen LogP contribution in [0.5, 0.6) is 5.75 Å². The van der Waals surface area contributed by atoms with Gasteiger partial charge in [-0.05, 0) is 114 Å². The second-order valence-corrected chi connectivity index (χ2v) is 16.4. The Labute approximate surface area is 346 Å². The van der Waals surface area contributed by atoms with Gasteiger partial charge in [-0.2, -0.15) is 0 Å². The first-order valence-corrected chi connectivity index (χ1v) is 20.5. The molecule has 2 aliphatic rings. The summed E-state index contributed by atoms with van der Waals surface area (Å²) in [6.45, 7) is 4.78. The van der Waals surface area contributed by atoms with Crippen molar-refractivity contribution in [1.29, 1.82) is 0 Å². The van der Waals surface area contributed by atoms with Crippen LogP contribution in [0.15, 0.2) is 206 Å². The molecule has 0 aliphatic heterocycles. The normalized spacial score (nSPS) is 13.9. The van der Waals surface area contributed by atoms with Crippen molar-refractivity contribution in [1.82, 2.24) is 0 Å².